The number of rotatable bonds is 8. The number of carbonyl (C=O) groups is 2. The molecule has 0 radical (unpaired) electrons. The van der Waals surface area contributed by atoms with Crippen LogP contribution in [0, 0.1) is 10.1 Å². The zero-order chi connectivity index (χ0) is 19.8. The molecule has 0 atom stereocenters. The minimum atomic E-state index is -0.510. The molecule has 9 heteroatoms. The molecule has 0 saturated carbocycles. The van der Waals surface area contributed by atoms with E-state index in [-0.39, 0.29) is 17.3 Å². The Labute approximate surface area is 160 Å². The Kier molecular flexibility index (Phi) is 7.18. The summed E-state index contributed by atoms with van der Waals surface area (Å²) in [5.74, 6) is -0.714. The minimum Gasteiger partial charge on any atom is -0.464 e. The summed E-state index contributed by atoms with van der Waals surface area (Å²) in [6, 6.07) is 5.93. The van der Waals surface area contributed by atoms with Crippen LogP contribution in [-0.4, -0.2) is 40.3 Å². The van der Waals surface area contributed by atoms with Crippen LogP contribution in [0.2, 0.25) is 0 Å². The molecular formula is C18H19N3O5S. The third-order valence-electron chi connectivity index (χ3n) is 3.60. The summed E-state index contributed by atoms with van der Waals surface area (Å²) in [5.41, 5.74) is 0.909. The second-order valence-electron chi connectivity index (χ2n) is 5.56. The number of carbonyl (C=O) groups excluding carboxylic acids is 2. The Hall–Kier alpha value is -3.07. The highest BCUT2D eigenvalue weighted by molar-refractivity contribution is 7.09. The molecule has 0 N–H and O–H groups in total. The minimum absolute atomic E-state index is 0.00346. The number of non-ortho nitro benzene ring substituents is 1. The molecule has 0 aliphatic rings. The molecule has 8 nitrogen and oxygen atoms in total. The Bertz CT molecular complexity index is 845. The highest BCUT2D eigenvalue weighted by Crippen LogP contribution is 2.15. The van der Waals surface area contributed by atoms with Gasteiger partial charge in [-0.1, -0.05) is 6.92 Å². The van der Waals surface area contributed by atoms with Gasteiger partial charge in [-0.05, 0) is 30.2 Å². The van der Waals surface area contributed by atoms with Crippen LogP contribution >= 0.6 is 11.3 Å². The van der Waals surface area contributed by atoms with E-state index in [1.807, 2.05) is 6.92 Å². The molecule has 0 saturated heterocycles. The van der Waals surface area contributed by atoms with Crippen LogP contribution < -0.4 is 0 Å². The molecule has 1 amide bonds. The fraction of sp³-hybridized carbons (Fsp3) is 0.278. The summed E-state index contributed by atoms with van der Waals surface area (Å²) in [5, 5.41) is 12.9. The van der Waals surface area contributed by atoms with Gasteiger partial charge in [0.1, 0.15) is 5.01 Å². The smallest absolute Gasteiger partial charge is 0.357 e. The van der Waals surface area contributed by atoms with Crippen LogP contribution in [0.4, 0.5) is 5.69 Å². The van der Waals surface area contributed by atoms with E-state index in [1.54, 1.807) is 28.5 Å². The predicted molar refractivity (Wildman–Crippen MR) is 101 cm³/mol. The maximum Gasteiger partial charge on any atom is 0.357 e. The maximum absolute atomic E-state index is 12.5. The van der Waals surface area contributed by atoms with E-state index in [9.17, 15) is 19.7 Å². The van der Waals surface area contributed by atoms with Gasteiger partial charge in [0.2, 0.25) is 5.91 Å². The van der Waals surface area contributed by atoms with Gasteiger partial charge in [0.15, 0.2) is 5.69 Å². The Balaban J connectivity index is 2.06. The molecule has 0 bridgehead atoms. The molecule has 1 heterocycles. The number of thiazole rings is 1. The lowest BCUT2D eigenvalue weighted by atomic mass is 10.2. The van der Waals surface area contributed by atoms with Gasteiger partial charge in [-0.2, -0.15) is 0 Å². The molecule has 1 aromatic heterocycles. The second-order valence-corrected chi connectivity index (χ2v) is 6.50. The standard InChI is InChI=1S/C18H19N3O5S/c1-3-10-20(11-16-19-15(12-27-16)18(23)26-2)17(22)9-6-13-4-7-14(8-5-13)21(24)25/h4-9,12H,3,10-11H2,1-2H3. The molecule has 0 spiro atoms. The van der Waals surface area contributed by atoms with E-state index < -0.39 is 10.9 Å². The number of nitrogens with zero attached hydrogens (tertiary/aromatic N) is 3. The fourth-order valence-corrected chi connectivity index (χ4v) is 3.04. The highest BCUT2D eigenvalue weighted by Gasteiger charge is 2.15. The number of hydrogen-bond acceptors (Lipinski definition) is 7. The van der Waals surface area contributed by atoms with Crippen LogP contribution in [-0.2, 0) is 16.1 Å². The first-order chi connectivity index (χ1) is 12.9. The number of nitro benzene ring substituents is 1. The summed E-state index contributed by atoms with van der Waals surface area (Å²) in [6.07, 6.45) is 3.80. The Morgan fingerprint density at radius 2 is 2.04 bits per heavy atom. The first kappa shape index (κ1) is 20.2. The number of hydrogen-bond donors (Lipinski definition) is 0. The predicted octanol–water partition coefficient (Wildman–Crippen LogP) is 3.29. The summed E-state index contributed by atoms with van der Waals surface area (Å²) in [4.78, 5) is 40.0. The summed E-state index contributed by atoms with van der Waals surface area (Å²) in [7, 11) is 1.29. The van der Waals surface area contributed by atoms with E-state index in [0.29, 0.717) is 23.7 Å². The average molecular weight is 389 g/mol. The first-order valence-electron chi connectivity index (χ1n) is 8.18. The van der Waals surface area contributed by atoms with E-state index in [4.69, 9.17) is 0 Å². The quantitative estimate of drug-likeness (QED) is 0.297. The maximum atomic E-state index is 12.5. The van der Waals surface area contributed by atoms with Crippen molar-refractivity contribution in [2.75, 3.05) is 13.7 Å². The van der Waals surface area contributed by atoms with Crippen molar-refractivity contribution >= 4 is 35.0 Å². The van der Waals surface area contributed by atoms with Crippen LogP contribution in [0.5, 0.6) is 0 Å². The largest absolute Gasteiger partial charge is 0.464 e. The SMILES string of the molecule is CCCN(Cc1nc(C(=O)OC)cs1)C(=O)C=Cc1ccc([N+](=O)[O-])cc1. The lowest BCUT2D eigenvalue weighted by Gasteiger charge is -2.19. The number of aromatic nitrogens is 1. The molecule has 142 valence electrons. The third-order valence-corrected chi connectivity index (χ3v) is 4.43. The topological polar surface area (TPSA) is 103 Å². The normalized spacial score (nSPS) is 10.7. The Morgan fingerprint density at radius 1 is 1.33 bits per heavy atom. The van der Waals surface area contributed by atoms with Crippen molar-refractivity contribution in [1.29, 1.82) is 0 Å². The second kappa shape index (κ2) is 9.58. The van der Waals surface area contributed by atoms with Gasteiger partial charge in [-0.25, -0.2) is 9.78 Å². The van der Waals surface area contributed by atoms with Crippen LogP contribution in [0.25, 0.3) is 6.08 Å². The van der Waals surface area contributed by atoms with Crippen molar-refractivity contribution in [3.05, 3.63) is 62.1 Å². The molecule has 27 heavy (non-hydrogen) atoms. The van der Waals surface area contributed by atoms with Gasteiger partial charge in [0.05, 0.1) is 18.6 Å². The molecule has 2 rings (SSSR count). The van der Waals surface area contributed by atoms with Crippen molar-refractivity contribution in [3.63, 3.8) is 0 Å². The van der Waals surface area contributed by atoms with Gasteiger partial charge in [-0.3, -0.25) is 14.9 Å². The third kappa shape index (κ3) is 5.71. The monoisotopic (exact) mass is 389 g/mol. The highest BCUT2D eigenvalue weighted by atomic mass is 32.1. The molecule has 1 aromatic carbocycles. The van der Waals surface area contributed by atoms with Crippen molar-refractivity contribution < 1.29 is 19.2 Å². The molecule has 0 fully saturated rings. The number of benzene rings is 1. The number of nitro groups is 1. The zero-order valence-electron chi connectivity index (χ0n) is 15.0. The van der Waals surface area contributed by atoms with Crippen LogP contribution in [0.3, 0.4) is 0 Å². The van der Waals surface area contributed by atoms with Gasteiger partial charge < -0.3 is 9.64 Å². The van der Waals surface area contributed by atoms with E-state index >= 15 is 0 Å². The van der Waals surface area contributed by atoms with Crippen LogP contribution in [0.1, 0.15) is 34.4 Å². The van der Waals surface area contributed by atoms with Gasteiger partial charge in [0, 0.05) is 30.1 Å². The van der Waals surface area contributed by atoms with E-state index in [0.717, 1.165) is 6.42 Å². The molecule has 2 aromatic rings. The van der Waals surface area contributed by atoms with Crippen molar-refractivity contribution in [2.45, 2.75) is 19.9 Å². The van der Waals surface area contributed by atoms with Gasteiger partial charge in [0.25, 0.3) is 5.69 Å². The van der Waals surface area contributed by atoms with Crippen molar-refractivity contribution in [3.8, 4) is 0 Å². The van der Waals surface area contributed by atoms with Crippen LogP contribution in [0.15, 0.2) is 35.7 Å². The van der Waals surface area contributed by atoms with E-state index in [1.165, 1.54) is 36.7 Å². The van der Waals surface area contributed by atoms with Crippen molar-refractivity contribution in [2.24, 2.45) is 0 Å². The number of methoxy groups -OCH3 is 1. The summed E-state index contributed by atoms with van der Waals surface area (Å²) >= 11 is 1.29. The van der Waals surface area contributed by atoms with Gasteiger partial charge >= 0.3 is 5.97 Å². The molecule has 0 aliphatic carbocycles. The van der Waals surface area contributed by atoms with E-state index in [2.05, 4.69) is 9.72 Å². The summed E-state index contributed by atoms with van der Waals surface area (Å²) < 4.78 is 4.63. The number of esters is 1. The average Bonchev–Trinajstić information content (AvgIpc) is 3.14. The number of amides is 1. The lowest BCUT2D eigenvalue weighted by Crippen LogP contribution is -2.29. The molecule has 0 aliphatic heterocycles. The lowest BCUT2D eigenvalue weighted by molar-refractivity contribution is -0.384. The number of ether oxygens (including phenoxy) is 1. The molecule has 0 unspecified atom stereocenters. The van der Waals surface area contributed by atoms with Gasteiger partial charge in [-0.15, -0.1) is 11.3 Å². The zero-order valence-corrected chi connectivity index (χ0v) is 15.8. The van der Waals surface area contributed by atoms with Crippen molar-refractivity contribution in [1.82, 2.24) is 9.88 Å². The summed E-state index contributed by atoms with van der Waals surface area (Å²) in [6.45, 7) is 2.79. The fourth-order valence-electron chi connectivity index (χ4n) is 2.26. The molecular weight excluding hydrogens is 370 g/mol. The first-order valence-corrected chi connectivity index (χ1v) is 9.06. The Morgan fingerprint density at radius 3 is 2.63 bits per heavy atom.